The van der Waals surface area contributed by atoms with E-state index in [1.165, 1.54) is 0 Å². The van der Waals surface area contributed by atoms with Crippen LogP contribution in [-0.2, 0) is 11.3 Å². The van der Waals surface area contributed by atoms with Gasteiger partial charge in [-0.2, -0.15) is 0 Å². The maximum absolute atomic E-state index is 11.2. The summed E-state index contributed by atoms with van der Waals surface area (Å²) in [6, 6.07) is 5.14. The largest absolute Gasteiger partial charge is 0.481 e. The highest BCUT2D eigenvalue weighted by molar-refractivity contribution is 5.74. The lowest BCUT2D eigenvalue weighted by Crippen LogP contribution is -2.38. The van der Waals surface area contributed by atoms with E-state index in [4.69, 9.17) is 4.74 Å². The fraction of sp³-hybridized carbons (Fsp3) is 0.538. The first-order valence-corrected chi connectivity index (χ1v) is 6.08. The van der Waals surface area contributed by atoms with Crippen LogP contribution in [0.5, 0.6) is 5.88 Å². The highest BCUT2D eigenvalue weighted by Crippen LogP contribution is 2.25. The van der Waals surface area contributed by atoms with Crippen molar-refractivity contribution in [3.8, 4) is 5.88 Å². The number of aliphatic carboxylic acids is 1. The lowest BCUT2D eigenvalue weighted by Gasteiger charge is -2.22. The maximum Gasteiger partial charge on any atom is 0.321 e. The van der Waals surface area contributed by atoms with E-state index in [9.17, 15) is 9.90 Å². The van der Waals surface area contributed by atoms with E-state index in [0.717, 1.165) is 18.7 Å². The molecule has 1 aromatic heterocycles. The molecule has 2 unspecified atom stereocenters. The summed E-state index contributed by atoms with van der Waals surface area (Å²) < 4.78 is 5.07. The third kappa shape index (κ3) is 2.61. The molecular formula is C13H18N2O3. The summed E-state index contributed by atoms with van der Waals surface area (Å²) in [4.78, 5) is 17.5. The molecule has 0 aliphatic carbocycles. The molecule has 0 saturated carbocycles. The predicted molar refractivity (Wildman–Crippen MR) is 66.4 cm³/mol. The van der Waals surface area contributed by atoms with E-state index in [0.29, 0.717) is 12.4 Å². The number of nitrogens with zero attached hydrogens (tertiary/aromatic N) is 2. The minimum atomic E-state index is -0.747. The molecule has 1 N–H and O–H groups in total. The number of aromatic nitrogens is 1. The average Bonchev–Trinajstić information content (AvgIpc) is 2.70. The van der Waals surface area contributed by atoms with Crippen molar-refractivity contribution < 1.29 is 14.6 Å². The Balaban J connectivity index is 2.10. The Hall–Kier alpha value is -1.62. The molecule has 5 heteroatoms. The monoisotopic (exact) mass is 250 g/mol. The minimum Gasteiger partial charge on any atom is -0.481 e. The van der Waals surface area contributed by atoms with Crippen molar-refractivity contribution in [2.45, 2.75) is 25.9 Å². The molecule has 0 amide bonds. The van der Waals surface area contributed by atoms with Gasteiger partial charge in [0.15, 0.2) is 0 Å². The Bertz CT molecular complexity index is 436. The van der Waals surface area contributed by atoms with Crippen LogP contribution in [0.1, 0.15) is 19.0 Å². The molecule has 0 radical (unpaired) electrons. The minimum absolute atomic E-state index is 0.188. The molecule has 1 aromatic rings. The number of carboxylic acid groups (broad SMARTS) is 1. The van der Waals surface area contributed by atoms with Crippen molar-refractivity contribution in [3.63, 3.8) is 0 Å². The summed E-state index contributed by atoms with van der Waals surface area (Å²) in [5.74, 6) is 0.00243. The van der Waals surface area contributed by atoms with Gasteiger partial charge < -0.3 is 9.84 Å². The Labute approximate surface area is 106 Å². The van der Waals surface area contributed by atoms with Gasteiger partial charge in [0, 0.05) is 12.6 Å². The molecule has 0 spiro atoms. The molecule has 1 aliphatic heterocycles. The Kier molecular flexibility index (Phi) is 3.81. The van der Waals surface area contributed by atoms with Crippen LogP contribution in [0.15, 0.2) is 18.2 Å². The highest BCUT2D eigenvalue weighted by atomic mass is 16.5. The van der Waals surface area contributed by atoms with Crippen molar-refractivity contribution in [1.29, 1.82) is 0 Å². The molecule has 5 nitrogen and oxygen atoms in total. The van der Waals surface area contributed by atoms with Crippen molar-refractivity contribution in [3.05, 3.63) is 23.9 Å². The van der Waals surface area contributed by atoms with Crippen LogP contribution in [0.4, 0.5) is 0 Å². The predicted octanol–water partition coefficient (Wildman–Crippen LogP) is 1.39. The van der Waals surface area contributed by atoms with Crippen LogP contribution in [0, 0.1) is 5.92 Å². The van der Waals surface area contributed by atoms with E-state index < -0.39 is 12.0 Å². The zero-order valence-corrected chi connectivity index (χ0v) is 10.7. The van der Waals surface area contributed by atoms with E-state index in [1.807, 2.05) is 24.0 Å². The van der Waals surface area contributed by atoms with Crippen molar-refractivity contribution in [1.82, 2.24) is 9.88 Å². The Morgan fingerprint density at radius 1 is 1.61 bits per heavy atom. The van der Waals surface area contributed by atoms with Gasteiger partial charge in [-0.05, 0) is 24.9 Å². The second-order valence-corrected chi connectivity index (χ2v) is 4.69. The molecule has 2 atom stereocenters. The Morgan fingerprint density at radius 2 is 2.39 bits per heavy atom. The van der Waals surface area contributed by atoms with Crippen molar-refractivity contribution in [2.75, 3.05) is 13.7 Å². The number of methoxy groups -OCH3 is 1. The number of rotatable bonds is 4. The third-order valence-corrected chi connectivity index (χ3v) is 3.41. The second kappa shape index (κ2) is 5.35. The number of carboxylic acids is 1. The lowest BCUT2D eigenvalue weighted by molar-refractivity contribution is -0.143. The van der Waals surface area contributed by atoms with Gasteiger partial charge in [0.2, 0.25) is 5.88 Å². The third-order valence-electron chi connectivity index (χ3n) is 3.41. The smallest absolute Gasteiger partial charge is 0.321 e. The van der Waals surface area contributed by atoms with E-state index >= 15 is 0 Å². The van der Waals surface area contributed by atoms with Crippen molar-refractivity contribution in [2.24, 2.45) is 5.92 Å². The van der Waals surface area contributed by atoms with E-state index in [1.54, 1.807) is 13.2 Å². The standard InChI is InChI=1S/C13H18N2O3/c1-9-6-7-15(12(9)13(16)17)8-10-4-3-5-11(14-10)18-2/h3-5,9,12H,6-8H2,1-2H3,(H,16,17). The summed E-state index contributed by atoms with van der Waals surface area (Å²) in [5.41, 5.74) is 0.842. The zero-order valence-electron chi connectivity index (χ0n) is 10.7. The summed E-state index contributed by atoms with van der Waals surface area (Å²) in [5, 5.41) is 9.25. The van der Waals surface area contributed by atoms with Gasteiger partial charge in [-0.1, -0.05) is 13.0 Å². The topological polar surface area (TPSA) is 62.7 Å². The SMILES string of the molecule is COc1cccc(CN2CCC(C)C2C(=O)O)n1. The van der Waals surface area contributed by atoms with Gasteiger partial charge in [-0.25, -0.2) is 4.98 Å². The second-order valence-electron chi connectivity index (χ2n) is 4.69. The van der Waals surface area contributed by atoms with E-state index in [2.05, 4.69) is 4.98 Å². The van der Waals surface area contributed by atoms with Crippen LogP contribution < -0.4 is 4.74 Å². The fourth-order valence-corrected chi connectivity index (χ4v) is 2.47. The number of hydrogen-bond acceptors (Lipinski definition) is 4. The Morgan fingerprint density at radius 3 is 3.06 bits per heavy atom. The first kappa shape index (κ1) is 12.8. The molecule has 18 heavy (non-hydrogen) atoms. The maximum atomic E-state index is 11.2. The van der Waals surface area contributed by atoms with Gasteiger partial charge in [-0.3, -0.25) is 9.69 Å². The number of pyridine rings is 1. The van der Waals surface area contributed by atoms with Crippen molar-refractivity contribution >= 4 is 5.97 Å². The normalized spacial score (nSPS) is 24.1. The molecule has 2 heterocycles. The van der Waals surface area contributed by atoms with Crippen LogP contribution >= 0.6 is 0 Å². The molecule has 1 aliphatic rings. The van der Waals surface area contributed by atoms with Crippen LogP contribution in [0.25, 0.3) is 0 Å². The number of hydrogen-bond donors (Lipinski definition) is 1. The van der Waals surface area contributed by atoms with Crippen LogP contribution in [-0.4, -0.2) is 40.7 Å². The quantitative estimate of drug-likeness (QED) is 0.874. The highest BCUT2D eigenvalue weighted by Gasteiger charge is 2.36. The van der Waals surface area contributed by atoms with Crippen LogP contribution in [0.2, 0.25) is 0 Å². The van der Waals surface area contributed by atoms with Crippen LogP contribution in [0.3, 0.4) is 0 Å². The average molecular weight is 250 g/mol. The molecule has 1 fully saturated rings. The van der Waals surface area contributed by atoms with E-state index in [-0.39, 0.29) is 5.92 Å². The lowest BCUT2D eigenvalue weighted by atomic mass is 10.0. The first-order valence-electron chi connectivity index (χ1n) is 6.08. The number of likely N-dealkylation sites (tertiary alicyclic amines) is 1. The molecule has 98 valence electrons. The summed E-state index contributed by atoms with van der Waals surface area (Å²) in [6.45, 7) is 3.34. The summed E-state index contributed by atoms with van der Waals surface area (Å²) >= 11 is 0. The molecule has 2 rings (SSSR count). The van der Waals surface area contributed by atoms with Gasteiger partial charge in [-0.15, -0.1) is 0 Å². The summed E-state index contributed by atoms with van der Waals surface area (Å²) in [7, 11) is 1.57. The van der Waals surface area contributed by atoms with Gasteiger partial charge in [0.1, 0.15) is 6.04 Å². The molecule has 0 bridgehead atoms. The molecular weight excluding hydrogens is 232 g/mol. The zero-order chi connectivity index (χ0) is 13.1. The number of carbonyl (C=O) groups is 1. The van der Waals surface area contributed by atoms with Gasteiger partial charge >= 0.3 is 5.97 Å². The van der Waals surface area contributed by atoms with Gasteiger partial charge in [0.05, 0.1) is 12.8 Å². The fourth-order valence-electron chi connectivity index (χ4n) is 2.47. The summed E-state index contributed by atoms with van der Waals surface area (Å²) in [6.07, 6.45) is 0.918. The van der Waals surface area contributed by atoms with Gasteiger partial charge in [0.25, 0.3) is 0 Å². The molecule has 1 saturated heterocycles. The molecule has 0 aromatic carbocycles. The first-order chi connectivity index (χ1) is 8.61. The number of ether oxygens (including phenoxy) is 1.